The predicted molar refractivity (Wildman–Crippen MR) is 110 cm³/mol. The van der Waals surface area contributed by atoms with E-state index in [-0.39, 0.29) is 11.8 Å². The summed E-state index contributed by atoms with van der Waals surface area (Å²) in [6, 6.07) is 8.33. The molecule has 3 rings (SSSR count). The lowest BCUT2D eigenvalue weighted by atomic mass is 9.94. The maximum Gasteiger partial charge on any atom is 0.252 e. The summed E-state index contributed by atoms with van der Waals surface area (Å²) in [5.74, 6) is 0.471. The third kappa shape index (κ3) is 5.72. The van der Waals surface area contributed by atoms with Gasteiger partial charge in [0.25, 0.3) is 5.91 Å². The van der Waals surface area contributed by atoms with Crippen LogP contribution in [0.15, 0.2) is 29.2 Å². The highest BCUT2D eigenvalue weighted by molar-refractivity contribution is 8.00. The molecule has 1 saturated heterocycles. The number of rotatable bonds is 7. The lowest BCUT2D eigenvalue weighted by molar-refractivity contribution is -0.129. The second-order valence-corrected chi connectivity index (χ2v) is 8.60. The Morgan fingerprint density at radius 3 is 2.67 bits per heavy atom. The molecule has 5 nitrogen and oxygen atoms in total. The average molecular weight is 390 g/mol. The highest BCUT2D eigenvalue weighted by Crippen LogP contribution is 2.25. The Bertz CT molecular complexity index is 640. The van der Waals surface area contributed by atoms with Gasteiger partial charge in [-0.15, -0.1) is 11.8 Å². The monoisotopic (exact) mass is 389 g/mol. The minimum absolute atomic E-state index is 0.0557. The fourth-order valence-corrected chi connectivity index (χ4v) is 4.91. The molecule has 2 amide bonds. The molecule has 1 atom stereocenters. The van der Waals surface area contributed by atoms with Crippen LogP contribution in [0.3, 0.4) is 0 Å². The Morgan fingerprint density at radius 1 is 1.15 bits per heavy atom. The summed E-state index contributed by atoms with van der Waals surface area (Å²) in [6.07, 6.45) is 8.22. The molecule has 1 heterocycles. The lowest BCUT2D eigenvalue weighted by Crippen LogP contribution is -2.39. The van der Waals surface area contributed by atoms with Gasteiger partial charge in [0.1, 0.15) is 0 Å². The molecule has 2 fully saturated rings. The molecule has 0 spiro atoms. The van der Waals surface area contributed by atoms with Gasteiger partial charge < -0.3 is 15.5 Å². The molecular weight excluding hydrogens is 358 g/mol. The van der Waals surface area contributed by atoms with Crippen molar-refractivity contribution in [3.05, 3.63) is 29.8 Å². The Kier molecular flexibility index (Phi) is 7.59. The molecule has 0 bridgehead atoms. The van der Waals surface area contributed by atoms with Crippen molar-refractivity contribution in [3.8, 4) is 0 Å². The number of hydrogen-bond donors (Lipinski definition) is 2. The first kappa shape index (κ1) is 20.2. The maximum absolute atomic E-state index is 12.6. The molecule has 1 unspecified atom stereocenters. The van der Waals surface area contributed by atoms with E-state index in [1.807, 2.05) is 36.2 Å². The van der Waals surface area contributed by atoms with Crippen molar-refractivity contribution in [1.82, 2.24) is 15.5 Å². The Balaban J connectivity index is 1.53. The molecule has 148 valence electrons. The van der Waals surface area contributed by atoms with Crippen LogP contribution >= 0.6 is 11.8 Å². The topological polar surface area (TPSA) is 61.4 Å². The van der Waals surface area contributed by atoms with Crippen molar-refractivity contribution in [2.45, 2.75) is 61.9 Å². The maximum atomic E-state index is 12.6. The third-order valence-electron chi connectivity index (χ3n) is 5.67. The highest BCUT2D eigenvalue weighted by Gasteiger charge is 2.23. The summed E-state index contributed by atoms with van der Waals surface area (Å²) in [5, 5.41) is 6.42. The fourth-order valence-electron chi connectivity index (χ4n) is 3.94. The van der Waals surface area contributed by atoms with Crippen molar-refractivity contribution < 1.29 is 9.59 Å². The molecule has 1 aromatic rings. The minimum Gasteiger partial charge on any atom is -0.350 e. The van der Waals surface area contributed by atoms with Crippen molar-refractivity contribution >= 4 is 23.6 Å². The number of nitrogens with zero attached hydrogens (tertiary/aromatic N) is 1. The number of nitrogens with one attached hydrogen (secondary N) is 2. The van der Waals surface area contributed by atoms with E-state index in [0.29, 0.717) is 29.9 Å². The van der Waals surface area contributed by atoms with Crippen molar-refractivity contribution in [2.75, 3.05) is 25.9 Å². The molecular formula is C21H31N3O2S. The van der Waals surface area contributed by atoms with Gasteiger partial charge in [-0.2, -0.15) is 0 Å². The number of thioether (sulfide) groups is 1. The van der Waals surface area contributed by atoms with E-state index in [2.05, 4.69) is 10.6 Å². The van der Waals surface area contributed by atoms with Crippen LogP contribution in [0.4, 0.5) is 0 Å². The SMILES string of the molecule is CN(C(=O)CSc1ccccc1C(=O)NCC1CCCN1)C1CCCCC1. The molecule has 1 aliphatic heterocycles. The van der Waals surface area contributed by atoms with E-state index < -0.39 is 0 Å². The van der Waals surface area contributed by atoms with Gasteiger partial charge in [-0.3, -0.25) is 9.59 Å². The van der Waals surface area contributed by atoms with E-state index >= 15 is 0 Å². The van der Waals surface area contributed by atoms with E-state index in [1.54, 1.807) is 0 Å². The molecule has 1 aromatic carbocycles. The summed E-state index contributed by atoms with van der Waals surface area (Å²) in [5.41, 5.74) is 0.661. The highest BCUT2D eigenvalue weighted by atomic mass is 32.2. The van der Waals surface area contributed by atoms with Gasteiger partial charge in [0.15, 0.2) is 0 Å². The molecule has 0 aromatic heterocycles. The van der Waals surface area contributed by atoms with Crippen LogP contribution in [0.25, 0.3) is 0 Å². The Labute approximate surface area is 166 Å². The number of benzene rings is 1. The van der Waals surface area contributed by atoms with Crippen molar-refractivity contribution in [2.24, 2.45) is 0 Å². The van der Waals surface area contributed by atoms with Crippen LogP contribution < -0.4 is 10.6 Å². The summed E-state index contributed by atoms with van der Waals surface area (Å²) in [7, 11) is 1.92. The number of hydrogen-bond acceptors (Lipinski definition) is 4. The zero-order chi connectivity index (χ0) is 19.1. The van der Waals surface area contributed by atoms with Gasteiger partial charge in [0.2, 0.25) is 5.91 Å². The summed E-state index contributed by atoms with van der Waals surface area (Å²) >= 11 is 1.47. The van der Waals surface area contributed by atoms with Crippen LogP contribution in [0.2, 0.25) is 0 Å². The van der Waals surface area contributed by atoms with E-state index in [9.17, 15) is 9.59 Å². The van der Waals surface area contributed by atoms with Crippen LogP contribution in [-0.4, -0.2) is 54.7 Å². The smallest absolute Gasteiger partial charge is 0.252 e. The molecule has 1 aliphatic carbocycles. The second kappa shape index (κ2) is 10.1. The zero-order valence-electron chi connectivity index (χ0n) is 16.2. The van der Waals surface area contributed by atoms with E-state index in [1.165, 1.54) is 37.4 Å². The van der Waals surface area contributed by atoms with Gasteiger partial charge in [-0.1, -0.05) is 31.4 Å². The quantitative estimate of drug-likeness (QED) is 0.704. The molecule has 2 N–H and O–H groups in total. The summed E-state index contributed by atoms with van der Waals surface area (Å²) < 4.78 is 0. The number of carbonyl (C=O) groups excluding carboxylic acids is 2. The lowest BCUT2D eigenvalue weighted by Gasteiger charge is -2.31. The molecule has 0 radical (unpaired) electrons. The van der Waals surface area contributed by atoms with Crippen LogP contribution in [0, 0.1) is 0 Å². The van der Waals surface area contributed by atoms with Gasteiger partial charge in [-0.05, 0) is 44.4 Å². The predicted octanol–water partition coefficient (Wildman–Crippen LogP) is 3.05. The van der Waals surface area contributed by atoms with E-state index in [4.69, 9.17) is 0 Å². The minimum atomic E-state index is -0.0557. The zero-order valence-corrected chi connectivity index (χ0v) is 17.0. The van der Waals surface area contributed by atoms with E-state index in [0.717, 1.165) is 30.7 Å². The van der Waals surface area contributed by atoms with Gasteiger partial charge in [0.05, 0.1) is 11.3 Å². The molecule has 1 saturated carbocycles. The van der Waals surface area contributed by atoms with Crippen LogP contribution in [0.1, 0.15) is 55.3 Å². The van der Waals surface area contributed by atoms with Crippen molar-refractivity contribution in [1.29, 1.82) is 0 Å². The standard InChI is InChI=1S/C21H31N3O2S/c1-24(17-9-3-2-4-10-17)20(25)15-27-19-12-6-5-11-18(19)21(26)23-14-16-8-7-13-22-16/h5-6,11-12,16-17,22H,2-4,7-10,13-15H2,1H3,(H,23,26). The first-order valence-electron chi connectivity index (χ1n) is 10.1. The second-order valence-electron chi connectivity index (χ2n) is 7.58. The van der Waals surface area contributed by atoms with Crippen molar-refractivity contribution in [3.63, 3.8) is 0 Å². The van der Waals surface area contributed by atoms with Crippen LogP contribution in [-0.2, 0) is 4.79 Å². The summed E-state index contributed by atoms with van der Waals surface area (Å²) in [6.45, 7) is 1.69. The molecule has 2 aliphatic rings. The normalized spacial score (nSPS) is 20.4. The largest absolute Gasteiger partial charge is 0.350 e. The third-order valence-corrected chi connectivity index (χ3v) is 6.73. The number of carbonyl (C=O) groups is 2. The van der Waals surface area contributed by atoms with Gasteiger partial charge >= 0.3 is 0 Å². The first-order chi connectivity index (χ1) is 13.1. The molecule has 27 heavy (non-hydrogen) atoms. The Morgan fingerprint density at radius 2 is 1.93 bits per heavy atom. The van der Waals surface area contributed by atoms with Gasteiger partial charge in [-0.25, -0.2) is 0 Å². The van der Waals surface area contributed by atoms with Crippen LogP contribution in [0.5, 0.6) is 0 Å². The molecule has 6 heteroatoms. The Hall–Kier alpha value is -1.53. The first-order valence-corrected chi connectivity index (χ1v) is 11.1. The average Bonchev–Trinajstić information content (AvgIpc) is 3.24. The summed E-state index contributed by atoms with van der Waals surface area (Å²) in [4.78, 5) is 28.0. The fraction of sp³-hybridized carbons (Fsp3) is 0.619. The van der Waals surface area contributed by atoms with Gasteiger partial charge in [0, 0.05) is 30.6 Å². The number of amides is 2.